The van der Waals surface area contributed by atoms with Crippen LogP contribution in [0.5, 0.6) is 5.75 Å². The molecule has 2 aliphatic heterocycles. The SMILES string of the molecule is CC(C)NCCN1CCN(c2ccc(OCC3COC(Cn4ccnc4)(c4ccc(Cl)cc4Cl)O3)cc2)CC1. The van der Waals surface area contributed by atoms with Crippen molar-refractivity contribution in [3.05, 3.63) is 76.8 Å². The molecule has 3 aromatic rings. The number of hydrogen-bond donors (Lipinski definition) is 1. The number of halogens is 2. The van der Waals surface area contributed by atoms with E-state index in [0.29, 0.717) is 35.8 Å². The number of benzene rings is 2. The minimum Gasteiger partial charge on any atom is -0.491 e. The van der Waals surface area contributed by atoms with E-state index < -0.39 is 5.79 Å². The summed E-state index contributed by atoms with van der Waals surface area (Å²) < 4.78 is 20.8. The molecule has 2 aliphatic rings. The Bertz CT molecular complexity index is 1190. The highest BCUT2D eigenvalue weighted by atomic mass is 35.5. The Hall–Kier alpha value is -2.33. The number of anilines is 1. The lowest BCUT2D eigenvalue weighted by molar-refractivity contribution is -0.189. The van der Waals surface area contributed by atoms with Crippen molar-refractivity contribution in [3.63, 3.8) is 0 Å². The summed E-state index contributed by atoms with van der Waals surface area (Å²) in [6.07, 6.45) is 5.06. The fourth-order valence-electron chi connectivity index (χ4n) is 5.06. The minimum absolute atomic E-state index is 0.266. The highest BCUT2D eigenvalue weighted by molar-refractivity contribution is 6.35. The predicted octanol–water partition coefficient (Wildman–Crippen LogP) is 4.66. The van der Waals surface area contributed by atoms with Gasteiger partial charge in [-0.05, 0) is 36.4 Å². The van der Waals surface area contributed by atoms with Gasteiger partial charge in [0.15, 0.2) is 0 Å². The molecule has 210 valence electrons. The van der Waals surface area contributed by atoms with E-state index in [1.165, 1.54) is 5.69 Å². The second-order valence-corrected chi connectivity index (χ2v) is 11.2. The Labute approximate surface area is 240 Å². The predicted molar refractivity (Wildman–Crippen MR) is 155 cm³/mol. The van der Waals surface area contributed by atoms with Gasteiger partial charge in [0.25, 0.3) is 0 Å². The molecule has 10 heteroatoms. The molecule has 0 bridgehead atoms. The number of rotatable bonds is 11. The summed E-state index contributed by atoms with van der Waals surface area (Å²) in [7, 11) is 0. The lowest BCUT2D eigenvalue weighted by atomic mass is 10.1. The van der Waals surface area contributed by atoms with Crippen LogP contribution in [0.4, 0.5) is 5.69 Å². The molecule has 0 spiro atoms. The molecule has 8 nitrogen and oxygen atoms in total. The molecule has 5 rings (SSSR count). The first-order valence-corrected chi connectivity index (χ1v) is 14.3. The Balaban J connectivity index is 1.15. The van der Waals surface area contributed by atoms with Crippen molar-refractivity contribution in [2.24, 2.45) is 0 Å². The molecule has 2 unspecified atom stereocenters. The molecule has 2 saturated heterocycles. The van der Waals surface area contributed by atoms with Gasteiger partial charge in [-0.3, -0.25) is 4.90 Å². The maximum absolute atomic E-state index is 6.57. The summed E-state index contributed by atoms with van der Waals surface area (Å²) in [5, 5.41) is 4.55. The highest BCUT2D eigenvalue weighted by Crippen LogP contribution is 2.40. The molecule has 2 aromatic carbocycles. The van der Waals surface area contributed by atoms with Gasteiger partial charge in [-0.25, -0.2) is 4.98 Å². The standard InChI is InChI=1S/C29H37Cl2N5O3/c1-22(2)33-10-12-34-13-15-36(16-14-34)24-4-6-25(7-5-24)37-18-26-19-38-29(39-26,20-35-11-9-32-21-35)27-8-3-23(30)17-28(27)31/h3-9,11,17,21-22,26,33H,10,12-16,18-20H2,1-2H3. The van der Waals surface area contributed by atoms with Crippen LogP contribution in [0.1, 0.15) is 19.4 Å². The Morgan fingerprint density at radius 2 is 1.90 bits per heavy atom. The molecule has 0 amide bonds. The Kier molecular flexibility index (Phi) is 9.32. The fraction of sp³-hybridized carbons (Fsp3) is 0.483. The van der Waals surface area contributed by atoms with Crippen molar-refractivity contribution >= 4 is 28.9 Å². The summed E-state index contributed by atoms with van der Waals surface area (Å²) in [6, 6.07) is 14.2. The van der Waals surface area contributed by atoms with Crippen LogP contribution in [-0.4, -0.2) is 79.1 Å². The van der Waals surface area contributed by atoms with Gasteiger partial charge in [0.05, 0.1) is 24.5 Å². The van der Waals surface area contributed by atoms with E-state index in [4.69, 9.17) is 37.4 Å². The van der Waals surface area contributed by atoms with E-state index in [2.05, 4.69) is 46.1 Å². The number of hydrogen-bond acceptors (Lipinski definition) is 7. The van der Waals surface area contributed by atoms with Crippen molar-refractivity contribution in [2.45, 2.75) is 38.3 Å². The monoisotopic (exact) mass is 573 g/mol. The highest BCUT2D eigenvalue weighted by Gasteiger charge is 2.45. The second-order valence-electron chi connectivity index (χ2n) is 10.4. The molecule has 2 atom stereocenters. The number of ether oxygens (including phenoxy) is 3. The zero-order chi connectivity index (χ0) is 27.2. The van der Waals surface area contributed by atoms with E-state index in [-0.39, 0.29) is 6.10 Å². The zero-order valence-corrected chi connectivity index (χ0v) is 24.1. The van der Waals surface area contributed by atoms with Crippen LogP contribution in [0.2, 0.25) is 10.0 Å². The smallest absolute Gasteiger partial charge is 0.215 e. The second kappa shape index (κ2) is 12.9. The van der Waals surface area contributed by atoms with E-state index in [0.717, 1.165) is 50.6 Å². The van der Waals surface area contributed by atoms with Crippen molar-refractivity contribution in [2.75, 3.05) is 57.4 Å². The van der Waals surface area contributed by atoms with Crippen molar-refractivity contribution in [1.82, 2.24) is 19.8 Å². The van der Waals surface area contributed by atoms with Crippen LogP contribution < -0.4 is 15.0 Å². The molecule has 3 heterocycles. The normalized spacial score (nSPS) is 22.1. The Morgan fingerprint density at radius 3 is 2.59 bits per heavy atom. The van der Waals surface area contributed by atoms with Crippen LogP contribution in [0.3, 0.4) is 0 Å². The van der Waals surface area contributed by atoms with Crippen LogP contribution in [-0.2, 0) is 21.8 Å². The molecular weight excluding hydrogens is 537 g/mol. The molecule has 39 heavy (non-hydrogen) atoms. The van der Waals surface area contributed by atoms with Gasteiger partial charge in [-0.1, -0.05) is 43.1 Å². The van der Waals surface area contributed by atoms with Gasteiger partial charge in [0.2, 0.25) is 5.79 Å². The maximum atomic E-state index is 6.57. The number of imidazole rings is 1. The zero-order valence-electron chi connectivity index (χ0n) is 22.6. The van der Waals surface area contributed by atoms with Crippen LogP contribution in [0, 0.1) is 0 Å². The quantitative estimate of drug-likeness (QED) is 0.358. The lowest BCUT2D eigenvalue weighted by Crippen LogP contribution is -2.48. The first-order chi connectivity index (χ1) is 18.9. The van der Waals surface area contributed by atoms with Gasteiger partial charge in [0.1, 0.15) is 18.5 Å². The number of nitrogens with zero attached hydrogens (tertiary/aromatic N) is 4. The Morgan fingerprint density at radius 1 is 1.10 bits per heavy atom. The largest absolute Gasteiger partial charge is 0.491 e. The lowest BCUT2D eigenvalue weighted by Gasteiger charge is -2.36. The average Bonchev–Trinajstić information content (AvgIpc) is 3.59. The number of aromatic nitrogens is 2. The fourth-order valence-corrected chi connectivity index (χ4v) is 5.61. The average molecular weight is 575 g/mol. The molecule has 0 radical (unpaired) electrons. The molecule has 2 fully saturated rings. The van der Waals surface area contributed by atoms with Gasteiger partial charge < -0.3 is 29.0 Å². The summed E-state index contributed by atoms with van der Waals surface area (Å²) in [5.41, 5.74) is 1.95. The van der Waals surface area contributed by atoms with Crippen molar-refractivity contribution in [3.8, 4) is 5.75 Å². The summed E-state index contributed by atoms with van der Waals surface area (Å²) >= 11 is 12.7. The molecule has 1 aromatic heterocycles. The minimum atomic E-state index is -1.06. The van der Waals surface area contributed by atoms with Crippen LogP contribution >= 0.6 is 23.2 Å². The third kappa shape index (κ3) is 7.25. The third-order valence-corrected chi connectivity index (χ3v) is 7.69. The van der Waals surface area contributed by atoms with E-state index in [9.17, 15) is 0 Å². The summed E-state index contributed by atoms with van der Waals surface area (Å²) in [6.45, 7) is 11.9. The van der Waals surface area contributed by atoms with Gasteiger partial charge in [-0.15, -0.1) is 0 Å². The van der Waals surface area contributed by atoms with Crippen LogP contribution in [0.15, 0.2) is 61.2 Å². The topological polar surface area (TPSA) is 64.0 Å². The van der Waals surface area contributed by atoms with E-state index >= 15 is 0 Å². The molecule has 1 N–H and O–H groups in total. The van der Waals surface area contributed by atoms with Gasteiger partial charge in [0, 0.05) is 74.0 Å². The molecule has 0 aliphatic carbocycles. The first kappa shape index (κ1) is 28.2. The summed E-state index contributed by atoms with van der Waals surface area (Å²) in [4.78, 5) is 9.11. The number of piperazine rings is 1. The van der Waals surface area contributed by atoms with Gasteiger partial charge >= 0.3 is 0 Å². The third-order valence-electron chi connectivity index (χ3n) is 7.14. The van der Waals surface area contributed by atoms with Crippen molar-refractivity contribution in [1.29, 1.82) is 0 Å². The van der Waals surface area contributed by atoms with Crippen molar-refractivity contribution < 1.29 is 14.2 Å². The molecular formula is C29H37Cl2N5O3. The first-order valence-electron chi connectivity index (χ1n) is 13.6. The summed E-state index contributed by atoms with van der Waals surface area (Å²) in [5.74, 6) is -0.259. The molecule has 0 saturated carbocycles. The number of nitrogens with one attached hydrogen (secondary N) is 1. The van der Waals surface area contributed by atoms with Gasteiger partial charge in [-0.2, -0.15) is 0 Å². The van der Waals surface area contributed by atoms with Crippen LogP contribution in [0.25, 0.3) is 0 Å². The van der Waals surface area contributed by atoms with E-state index in [1.807, 2.05) is 29.0 Å². The van der Waals surface area contributed by atoms with E-state index in [1.54, 1.807) is 24.7 Å². The maximum Gasteiger partial charge on any atom is 0.215 e.